The molecule has 0 atom stereocenters. The van der Waals surface area contributed by atoms with E-state index in [4.69, 9.17) is 0 Å². The van der Waals surface area contributed by atoms with E-state index >= 15 is 0 Å². The molecule has 0 fully saturated rings. The summed E-state index contributed by atoms with van der Waals surface area (Å²) in [5, 5.41) is 5.02. The van der Waals surface area contributed by atoms with E-state index in [2.05, 4.69) is 41.0 Å². The number of nitrogens with zero attached hydrogens (tertiary/aromatic N) is 1. The molecule has 0 aliphatic rings. The second kappa shape index (κ2) is 5.18. The van der Waals surface area contributed by atoms with Gasteiger partial charge in [0.2, 0.25) is 0 Å². The van der Waals surface area contributed by atoms with Crippen molar-refractivity contribution in [2.75, 3.05) is 12.4 Å². The van der Waals surface area contributed by atoms with Crippen LogP contribution >= 0.6 is 11.3 Å². The number of ether oxygens (including phenoxy) is 1. The number of aromatic nitrogens is 1. The van der Waals surface area contributed by atoms with Crippen molar-refractivity contribution >= 4 is 22.6 Å². The summed E-state index contributed by atoms with van der Waals surface area (Å²) in [4.78, 5) is 15.4. The standard InChI is InChI=1S/C13H14N2O2S/c1-8-4-5-10(9(2)6-8)11-7-18-12(14-11)15-13(16)17-3/h4-7H,1-3H3,(H,14,15,16). The predicted molar refractivity (Wildman–Crippen MR) is 73.1 cm³/mol. The highest BCUT2D eigenvalue weighted by atomic mass is 32.1. The molecule has 1 aromatic heterocycles. The average Bonchev–Trinajstić information content (AvgIpc) is 2.77. The number of thiazole rings is 1. The van der Waals surface area contributed by atoms with Gasteiger partial charge in [-0.15, -0.1) is 11.3 Å². The summed E-state index contributed by atoms with van der Waals surface area (Å²) >= 11 is 1.38. The maximum atomic E-state index is 11.1. The number of nitrogens with one attached hydrogen (secondary N) is 1. The summed E-state index contributed by atoms with van der Waals surface area (Å²) in [7, 11) is 1.33. The Morgan fingerprint density at radius 2 is 2.17 bits per heavy atom. The first-order valence-corrected chi connectivity index (χ1v) is 6.36. The lowest BCUT2D eigenvalue weighted by Gasteiger charge is -2.03. The maximum Gasteiger partial charge on any atom is 0.413 e. The number of rotatable bonds is 2. The average molecular weight is 262 g/mol. The van der Waals surface area contributed by atoms with Crippen LogP contribution in [0, 0.1) is 13.8 Å². The van der Waals surface area contributed by atoms with Gasteiger partial charge < -0.3 is 4.74 Å². The lowest BCUT2D eigenvalue weighted by molar-refractivity contribution is 0.187. The van der Waals surface area contributed by atoms with Crippen molar-refractivity contribution in [3.63, 3.8) is 0 Å². The van der Waals surface area contributed by atoms with Gasteiger partial charge in [-0.1, -0.05) is 23.8 Å². The van der Waals surface area contributed by atoms with E-state index in [9.17, 15) is 4.79 Å². The van der Waals surface area contributed by atoms with Crippen LogP contribution in [0.15, 0.2) is 23.6 Å². The van der Waals surface area contributed by atoms with Crippen LogP contribution in [0.3, 0.4) is 0 Å². The van der Waals surface area contributed by atoms with Crippen molar-refractivity contribution in [3.05, 3.63) is 34.7 Å². The Labute approximate surface area is 110 Å². The Morgan fingerprint density at radius 1 is 1.39 bits per heavy atom. The van der Waals surface area contributed by atoms with Crippen molar-refractivity contribution < 1.29 is 9.53 Å². The van der Waals surface area contributed by atoms with E-state index in [1.54, 1.807) is 0 Å². The molecule has 18 heavy (non-hydrogen) atoms. The van der Waals surface area contributed by atoms with Crippen LogP contribution in [0.4, 0.5) is 9.93 Å². The molecule has 1 heterocycles. The fraction of sp³-hybridized carbons (Fsp3) is 0.231. The molecule has 2 rings (SSSR count). The highest BCUT2D eigenvalue weighted by Crippen LogP contribution is 2.27. The zero-order valence-corrected chi connectivity index (χ0v) is 11.3. The van der Waals surface area contributed by atoms with Gasteiger partial charge in [-0.25, -0.2) is 9.78 Å². The van der Waals surface area contributed by atoms with Crippen molar-refractivity contribution in [3.8, 4) is 11.3 Å². The van der Waals surface area contributed by atoms with Crippen LogP contribution in [0.2, 0.25) is 0 Å². The summed E-state index contributed by atoms with van der Waals surface area (Å²) in [6.07, 6.45) is -0.503. The minimum absolute atomic E-state index is 0.503. The highest BCUT2D eigenvalue weighted by Gasteiger charge is 2.09. The largest absolute Gasteiger partial charge is 0.453 e. The summed E-state index contributed by atoms with van der Waals surface area (Å²) in [6, 6.07) is 6.21. The molecule has 0 radical (unpaired) electrons. The number of hydrogen-bond acceptors (Lipinski definition) is 4. The van der Waals surface area contributed by atoms with Crippen molar-refractivity contribution in [1.29, 1.82) is 0 Å². The molecule has 94 valence electrons. The SMILES string of the molecule is COC(=O)Nc1nc(-c2ccc(C)cc2C)cs1. The number of anilines is 1. The van der Waals surface area contributed by atoms with Gasteiger partial charge in [0.05, 0.1) is 12.8 Å². The lowest BCUT2D eigenvalue weighted by Crippen LogP contribution is -2.10. The predicted octanol–water partition coefficient (Wildman–Crippen LogP) is 3.61. The minimum Gasteiger partial charge on any atom is -0.453 e. The van der Waals surface area contributed by atoms with Crippen LogP contribution in [-0.4, -0.2) is 18.2 Å². The molecule has 0 aliphatic carbocycles. The van der Waals surface area contributed by atoms with E-state index in [0.717, 1.165) is 11.3 Å². The normalized spacial score (nSPS) is 10.2. The van der Waals surface area contributed by atoms with E-state index in [1.807, 2.05) is 11.4 Å². The van der Waals surface area contributed by atoms with Crippen LogP contribution in [0.5, 0.6) is 0 Å². The summed E-state index contributed by atoms with van der Waals surface area (Å²) in [5.41, 5.74) is 4.34. The van der Waals surface area contributed by atoms with Crippen LogP contribution in [-0.2, 0) is 4.74 Å². The van der Waals surface area contributed by atoms with Gasteiger partial charge in [0.25, 0.3) is 0 Å². The third-order valence-corrected chi connectivity index (χ3v) is 3.31. The molecule has 1 N–H and O–H groups in total. The zero-order chi connectivity index (χ0) is 13.1. The summed E-state index contributed by atoms with van der Waals surface area (Å²) in [5.74, 6) is 0. The van der Waals surface area contributed by atoms with Crippen LogP contribution in [0.1, 0.15) is 11.1 Å². The van der Waals surface area contributed by atoms with E-state index in [1.165, 1.54) is 29.6 Å². The third-order valence-electron chi connectivity index (χ3n) is 2.56. The van der Waals surface area contributed by atoms with Crippen molar-refractivity contribution in [1.82, 2.24) is 4.98 Å². The van der Waals surface area contributed by atoms with Gasteiger partial charge in [-0.2, -0.15) is 0 Å². The summed E-state index contributed by atoms with van der Waals surface area (Å²) < 4.78 is 4.53. The molecule has 0 saturated carbocycles. The van der Waals surface area contributed by atoms with E-state index in [-0.39, 0.29) is 0 Å². The van der Waals surface area contributed by atoms with Gasteiger partial charge in [0.15, 0.2) is 5.13 Å². The maximum absolute atomic E-state index is 11.1. The number of carbonyl (C=O) groups is 1. The number of amides is 1. The second-order valence-electron chi connectivity index (χ2n) is 3.97. The fourth-order valence-electron chi connectivity index (χ4n) is 1.69. The molecule has 0 saturated heterocycles. The Morgan fingerprint density at radius 3 is 2.83 bits per heavy atom. The summed E-state index contributed by atoms with van der Waals surface area (Å²) in [6.45, 7) is 4.11. The van der Waals surface area contributed by atoms with Gasteiger partial charge in [-0.05, 0) is 19.4 Å². The number of hydrogen-bond donors (Lipinski definition) is 1. The smallest absolute Gasteiger partial charge is 0.413 e. The van der Waals surface area contributed by atoms with E-state index < -0.39 is 6.09 Å². The van der Waals surface area contributed by atoms with Gasteiger partial charge in [0.1, 0.15) is 0 Å². The molecule has 0 unspecified atom stereocenters. The van der Waals surface area contributed by atoms with Crippen LogP contribution < -0.4 is 5.32 Å². The number of methoxy groups -OCH3 is 1. The molecule has 0 spiro atoms. The third kappa shape index (κ3) is 2.68. The lowest BCUT2D eigenvalue weighted by atomic mass is 10.0. The molecule has 0 aliphatic heterocycles. The quantitative estimate of drug-likeness (QED) is 0.899. The van der Waals surface area contributed by atoms with E-state index in [0.29, 0.717) is 5.13 Å². The number of carbonyl (C=O) groups excluding carboxylic acids is 1. The van der Waals surface area contributed by atoms with Gasteiger partial charge in [0, 0.05) is 10.9 Å². The van der Waals surface area contributed by atoms with Crippen molar-refractivity contribution in [2.45, 2.75) is 13.8 Å². The Bertz CT molecular complexity index is 578. The molecule has 0 bridgehead atoms. The minimum atomic E-state index is -0.503. The Hall–Kier alpha value is -1.88. The monoisotopic (exact) mass is 262 g/mol. The van der Waals surface area contributed by atoms with Gasteiger partial charge >= 0.3 is 6.09 Å². The molecule has 4 nitrogen and oxygen atoms in total. The number of aryl methyl sites for hydroxylation is 2. The second-order valence-corrected chi connectivity index (χ2v) is 4.83. The molecule has 2 aromatic rings. The fourth-order valence-corrected chi connectivity index (χ4v) is 2.39. The Balaban J connectivity index is 2.26. The van der Waals surface area contributed by atoms with Crippen molar-refractivity contribution in [2.24, 2.45) is 0 Å². The van der Waals surface area contributed by atoms with Crippen LogP contribution in [0.25, 0.3) is 11.3 Å². The molecule has 1 aromatic carbocycles. The first-order chi connectivity index (χ1) is 8.60. The highest BCUT2D eigenvalue weighted by molar-refractivity contribution is 7.14. The first kappa shape index (κ1) is 12.6. The molecular formula is C13H14N2O2S. The Kier molecular flexibility index (Phi) is 3.62. The molecule has 5 heteroatoms. The molecular weight excluding hydrogens is 248 g/mol. The number of benzene rings is 1. The molecule has 1 amide bonds. The van der Waals surface area contributed by atoms with Gasteiger partial charge in [-0.3, -0.25) is 5.32 Å². The first-order valence-electron chi connectivity index (χ1n) is 5.48. The zero-order valence-electron chi connectivity index (χ0n) is 10.5. The topological polar surface area (TPSA) is 51.2 Å².